The van der Waals surface area contributed by atoms with Crippen LogP contribution in [-0.2, 0) is 0 Å². The van der Waals surface area contributed by atoms with Crippen LogP contribution in [-0.4, -0.2) is 4.98 Å². The Hall–Kier alpha value is -1.19. The third-order valence-electron chi connectivity index (χ3n) is 2.87. The number of hydrogen-bond donors (Lipinski definition) is 1. The number of hydrogen-bond acceptors (Lipinski definition) is 3. The van der Waals surface area contributed by atoms with Crippen molar-refractivity contribution in [1.29, 1.82) is 0 Å². The van der Waals surface area contributed by atoms with Crippen LogP contribution in [0.1, 0.15) is 30.5 Å². The largest absolute Gasteiger partial charge is 0.322 e. The van der Waals surface area contributed by atoms with Crippen molar-refractivity contribution >= 4 is 11.3 Å². The van der Waals surface area contributed by atoms with E-state index in [-0.39, 0.29) is 6.04 Å². The maximum atomic E-state index is 6.10. The Morgan fingerprint density at radius 1 is 1.18 bits per heavy atom. The van der Waals surface area contributed by atoms with E-state index in [2.05, 4.69) is 55.4 Å². The van der Waals surface area contributed by atoms with E-state index in [0.717, 1.165) is 16.3 Å². The van der Waals surface area contributed by atoms with Crippen LogP contribution in [0.4, 0.5) is 0 Å². The second-order valence-electron chi connectivity index (χ2n) is 4.71. The van der Waals surface area contributed by atoms with Crippen molar-refractivity contribution in [3.8, 4) is 11.3 Å². The summed E-state index contributed by atoms with van der Waals surface area (Å²) in [7, 11) is 0. The first-order valence-corrected chi connectivity index (χ1v) is 6.74. The number of nitrogens with zero attached hydrogens (tertiary/aromatic N) is 1. The Kier molecular flexibility index (Phi) is 3.60. The average Bonchev–Trinajstić information content (AvgIpc) is 2.78. The molecule has 0 bridgehead atoms. The molecule has 0 aliphatic rings. The monoisotopic (exact) mass is 246 g/mol. The summed E-state index contributed by atoms with van der Waals surface area (Å²) in [5.41, 5.74) is 9.56. The van der Waals surface area contributed by atoms with Gasteiger partial charge in [0.25, 0.3) is 0 Å². The summed E-state index contributed by atoms with van der Waals surface area (Å²) in [6.07, 6.45) is 0. The van der Waals surface area contributed by atoms with Gasteiger partial charge in [0.2, 0.25) is 0 Å². The van der Waals surface area contributed by atoms with Crippen molar-refractivity contribution in [2.45, 2.75) is 26.8 Å². The standard InChI is InChI=1S/C14H18N2S/c1-9(2)13(15)14-16-12(8-17-14)11-6-4-10(3)5-7-11/h4-9,13H,15H2,1-3H3. The van der Waals surface area contributed by atoms with Gasteiger partial charge in [-0.25, -0.2) is 4.98 Å². The zero-order chi connectivity index (χ0) is 12.4. The Morgan fingerprint density at radius 3 is 2.41 bits per heavy atom. The molecule has 0 aliphatic carbocycles. The molecule has 17 heavy (non-hydrogen) atoms. The van der Waals surface area contributed by atoms with Crippen molar-refractivity contribution in [3.05, 3.63) is 40.2 Å². The Bertz CT molecular complexity index is 485. The summed E-state index contributed by atoms with van der Waals surface area (Å²) in [4.78, 5) is 4.62. The van der Waals surface area contributed by atoms with Crippen LogP contribution in [0, 0.1) is 12.8 Å². The van der Waals surface area contributed by atoms with E-state index in [4.69, 9.17) is 5.73 Å². The van der Waals surface area contributed by atoms with Crippen LogP contribution in [0.3, 0.4) is 0 Å². The summed E-state index contributed by atoms with van der Waals surface area (Å²) in [5, 5.41) is 3.11. The summed E-state index contributed by atoms with van der Waals surface area (Å²) in [5.74, 6) is 0.423. The molecule has 0 fully saturated rings. The first-order chi connectivity index (χ1) is 8.08. The third-order valence-corrected chi connectivity index (χ3v) is 3.82. The molecule has 0 aliphatic heterocycles. The number of aromatic nitrogens is 1. The van der Waals surface area contributed by atoms with Gasteiger partial charge in [-0.15, -0.1) is 11.3 Å². The molecule has 2 N–H and O–H groups in total. The fraction of sp³-hybridized carbons (Fsp3) is 0.357. The molecule has 90 valence electrons. The normalized spacial score (nSPS) is 13.0. The van der Waals surface area contributed by atoms with E-state index >= 15 is 0 Å². The molecule has 0 spiro atoms. The van der Waals surface area contributed by atoms with Gasteiger partial charge < -0.3 is 5.73 Å². The van der Waals surface area contributed by atoms with Gasteiger partial charge in [0, 0.05) is 10.9 Å². The molecule has 0 radical (unpaired) electrons. The minimum absolute atomic E-state index is 0.0409. The number of benzene rings is 1. The van der Waals surface area contributed by atoms with Gasteiger partial charge in [0.05, 0.1) is 11.7 Å². The minimum atomic E-state index is 0.0409. The molecule has 2 rings (SSSR count). The fourth-order valence-corrected chi connectivity index (χ4v) is 2.58. The van der Waals surface area contributed by atoms with Crippen LogP contribution in [0.25, 0.3) is 11.3 Å². The van der Waals surface area contributed by atoms with Crippen LogP contribution < -0.4 is 5.73 Å². The molecule has 3 heteroatoms. The van der Waals surface area contributed by atoms with Gasteiger partial charge >= 0.3 is 0 Å². The van der Waals surface area contributed by atoms with Gasteiger partial charge in [-0.2, -0.15) is 0 Å². The Labute approximate surface area is 107 Å². The van der Waals surface area contributed by atoms with E-state index in [9.17, 15) is 0 Å². The van der Waals surface area contributed by atoms with Crippen molar-refractivity contribution < 1.29 is 0 Å². The van der Waals surface area contributed by atoms with E-state index in [1.807, 2.05) is 0 Å². The molecule has 0 saturated carbocycles. The minimum Gasteiger partial charge on any atom is -0.322 e. The smallest absolute Gasteiger partial charge is 0.110 e. The topological polar surface area (TPSA) is 38.9 Å². The van der Waals surface area contributed by atoms with Gasteiger partial charge in [0.15, 0.2) is 0 Å². The average molecular weight is 246 g/mol. The zero-order valence-electron chi connectivity index (χ0n) is 10.5. The van der Waals surface area contributed by atoms with Crippen LogP contribution in [0.5, 0.6) is 0 Å². The molecule has 2 nitrogen and oxygen atoms in total. The van der Waals surface area contributed by atoms with E-state index < -0.39 is 0 Å². The first kappa shape index (κ1) is 12.3. The first-order valence-electron chi connectivity index (χ1n) is 5.86. The van der Waals surface area contributed by atoms with Crippen molar-refractivity contribution in [2.75, 3.05) is 0 Å². The van der Waals surface area contributed by atoms with Crippen LogP contribution in [0.15, 0.2) is 29.6 Å². The number of nitrogens with two attached hydrogens (primary N) is 1. The lowest BCUT2D eigenvalue weighted by Crippen LogP contribution is -2.16. The van der Waals surface area contributed by atoms with Crippen molar-refractivity contribution in [3.63, 3.8) is 0 Å². The maximum Gasteiger partial charge on any atom is 0.110 e. The molecule has 1 aromatic heterocycles. The zero-order valence-corrected chi connectivity index (χ0v) is 11.3. The number of thiazole rings is 1. The second-order valence-corrected chi connectivity index (χ2v) is 5.60. The van der Waals surface area contributed by atoms with Gasteiger partial charge in [-0.3, -0.25) is 0 Å². The Balaban J connectivity index is 2.26. The third kappa shape index (κ3) is 2.73. The highest BCUT2D eigenvalue weighted by atomic mass is 32.1. The predicted molar refractivity (Wildman–Crippen MR) is 74.1 cm³/mol. The van der Waals surface area contributed by atoms with Gasteiger partial charge in [-0.05, 0) is 12.8 Å². The molecular formula is C14H18N2S. The lowest BCUT2D eigenvalue weighted by Gasteiger charge is -2.11. The quantitative estimate of drug-likeness (QED) is 0.895. The number of aryl methyl sites for hydroxylation is 1. The lowest BCUT2D eigenvalue weighted by molar-refractivity contribution is 0.512. The molecular weight excluding hydrogens is 228 g/mol. The van der Waals surface area contributed by atoms with Crippen LogP contribution in [0.2, 0.25) is 0 Å². The molecule has 0 amide bonds. The molecule has 2 aromatic rings. The highest BCUT2D eigenvalue weighted by molar-refractivity contribution is 7.10. The lowest BCUT2D eigenvalue weighted by atomic mass is 10.1. The van der Waals surface area contributed by atoms with E-state index in [1.165, 1.54) is 5.56 Å². The van der Waals surface area contributed by atoms with E-state index in [0.29, 0.717) is 5.92 Å². The predicted octanol–water partition coefficient (Wildman–Crippen LogP) is 3.77. The maximum absolute atomic E-state index is 6.10. The Morgan fingerprint density at radius 2 is 1.82 bits per heavy atom. The SMILES string of the molecule is Cc1ccc(-c2csc(C(N)C(C)C)n2)cc1. The van der Waals surface area contributed by atoms with Crippen molar-refractivity contribution in [2.24, 2.45) is 11.7 Å². The number of rotatable bonds is 3. The molecule has 1 atom stereocenters. The van der Waals surface area contributed by atoms with Gasteiger partial charge in [-0.1, -0.05) is 43.7 Å². The molecule has 0 saturated heterocycles. The second kappa shape index (κ2) is 4.98. The molecule has 1 aromatic carbocycles. The molecule has 1 unspecified atom stereocenters. The van der Waals surface area contributed by atoms with Gasteiger partial charge in [0.1, 0.15) is 5.01 Å². The summed E-state index contributed by atoms with van der Waals surface area (Å²) < 4.78 is 0. The van der Waals surface area contributed by atoms with Crippen molar-refractivity contribution in [1.82, 2.24) is 4.98 Å². The van der Waals surface area contributed by atoms with E-state index in [1.54, 1.807) is 11.3 Å². The fourth-order valence-electron chi connectivity index (χ4n) is 1.58. The summed E-state index contributed by atoms with van der Waals surface area (Å²) in [6, 6.07) is 8.47. The summed E-state index contributed by atoms with van der Waals surface area (Å²) >= 11 is 1.65. The highest BCUT2D eigenvalue weighted by Gasteiger charge is 2.14. The molecule has 1 heterocycles. The highest BCUT2D eigenvalue weighted by Crippen LogP contribution is 2.27. The van der Waals surface area contributed by atoms with Crippen LogP contribution >= 0.6 is 11.3 Å². The summed E-state index contributed by atoms with van der Waals surface area (Å²) in [6.45, 7) is 6.33.